The normalized spacial score (nSPS) is 17.5. The van der Waals surface area contributed by atoms with E-state index in [1.807, 2.05) is 47.8 Å². The Morgan fingerprint density at radius 2 is 2.03 bits per heavy atom. The summed E-state index contributed by atoms with van der Waals surface area (Å²) in [6, 6.07) is 5.78. The van der Waals surface area contributed by atoms with Crippen molar-refractivity contribution in [3.8, 4) is 0 Å². The molecule has 0 radical (unpaired) electrons. The Morgan fingerprint density at radius 1 is 1.21 bits per heavy atom. The second-order valence-electron chi connectivity index (χ2n) is 8.12. The third kappa shape index (κ3) is 3.29. The third-order valence-corrected chi connectivity index (χ3v) is 6.30. The molecule has 150 valence electrons. The predicted molar refractivity (Wildman–Crippen MR) is 111 cm³/mol. The third-order valence-electron chi connectivity index (χ3n) is 6.30. The first-order valence-electron chi connectivity index (χ1n) is 10.4. The number of fused-ring (bicyclic) bond motifs is 2. The van der Waals surface area contributed by atoms with Crippen LogP contribution >= 0.6 is 0 Å². The average molecular weight is 390 g/mol. The molecule has 29 heavy (non-hydrogen) atoms. The lowest BCUT2D eigenvalue weighted by atomic mass is 9.96. The maximum absolute atomic E-state index is 13.1. The molecule has 1 amide bonds. The molecule has 0 bridgehead atoms. The van der Waals surface area contributed by atoms with Gasteiger partial charge in [0.2, 0.25) is 0 Å². The van der Waals surface area contributed by atoms with Gasteiger partial charge in [0, 0.05) is 49.8 Å². The van der Waals surface area contributed by atoms with Crippen LogP contribution in [0.4, 0.5) is 0 Å². The van der Waals surface area contributed by atoms with E-state index in [2.05, 4.69) is 15.3 Å². The SMILES string of the molecule is Cc1nc2cc(C(=O)N3CCc4nc(C5CCNCC5)ncc4C3)ccc2n1C. The summed E-state index contributed by atoms with van der Waals surface area (Å²) in [5.41, 5.74) is 4.77. The summed E-state index contributed by atoms with van der Waals surface area (Å²) < 4.78 is 2.04. The Labute approximate surface area is 170 Å². The maximum Gasteiger partial charge on any atom is 0.254 e. The molecule has 1 saturated heterocycles. The van der Waals surface area contributed by atoms with Gasteiger partial charge in [-0.15, -0.1) is 0 Å². The van der Waals surface area contributed by atoms with E-state index in [0.29, 0.717) is 24.6 Å². The van der Waals surface area contributed by atoms with E-state index in [1.54, 1.807) is 0 Å². The summed E-state index contributed by atoms with van der Waals surface area (Å²) in [5, 5.41) is 3.39. The second-order valence-corrected chi connectivity index (χ2v) is 8.12. The van der Waals surface area contributed by atoms with Gasteiger partial charge in [-0.2, -0.15) is 0 Å². The van der Waals surface area contributed by atoms with Crippen molar-refractivity contribution in [2.45, 2.75) is 38.6 Å². The molecule has 2 aliphatic rings. The second kappa shape index (κ2) is 7.22. The number of nitrogens with zero attached hydrogens (tertiary/aromatic N) is 5. The minimum atomic E-state index is 0.0447. The zero-order valence-electron chi connectivity index (χ0n) is 17.0. The number of aryl methyl sites for hydroxylation is 2. The molecular formula is C22H26N6O. The minimum absolute atomic E-state index is 0.0447. The molecule has 0 aliphatic carbocycles. The highest BCUT2D eigenvalue weighted by Crippen LogP contribution is 2.25. The van der Waals surface area contributed by atoms with Crippen LogP contribution in [0.15, 0.2) is 24.4 Å². The molecule has 5 rings (SSSR count). The van der Waals surface area contributed by atoms with Crippen LogP contribution in [0.1, 0.15) is 52.0 Å². The Hall–Kier alpha value is -2.80. The number of amides is 1. The molecule has 2 aliphatic heterocycles. The van der Waals surface area contributed by atoms with Crippen LogP contribution in [0.3, 0.4) is 0 Å². The maximum atomic E-state index is 13.1. The van der Waals surface area contributed by atoms with Gasteiger partial charge < -0.3 is 14.8 Å². The lowest BCUT2D eigenvalue weighted by molar-refractivity contribution is 0.0733. The summed E-state index contributed by atoms with van der Waals surface area (Å²) in [7, 11) is 1.99. The molecule has 0 unspecified atom stereocenters. The van der Waals surface area contributed by atoms with Crippen molar-refractivity contribution < 1.29 is 4.79 Å². The highest BCUT2D eigenvalue weighted by atomic mass is 16.2. The lowest BCUT2D eigenvalue weighted by Crippen LogP contribution is -2.37. The van der Waals surface area contributed by atoms with Gasteiger partial charge >= 0.3 is 0 Å². The number of hydrogen-bond donors (Lipinski definition) is 1. The van der Waals surface area contributed by atoms with E-state index in [9.17, 15) is 4.79 Å². The van der Waals surface area contributed by atoms with Crippen molar-refractivity contribution in [1.82, 2.24) is 29.7 Å². The van der Waals surface area contributed by atoms with Gasteiger partial charge in [-0.3, -0.25) is 4.79 Å². The molecule has 1 N–H and O–H groups in total. The zero-order valence-corrected chi connectivity index (χ0v) is 17.0. The number of carbonyl (C=O) groups is 1. The van der Waals surface area contributed by atoms with E-state index < -0.39 is 0 Å². The Balaban J connectivity index is 1.35. The fraction of sp³-hybridized carbons (Fsp3) is 0.455. The fourth-order valence-corrected chi connectivity index (χ4v) is 4.42. The van der Waals surface area contributed by atoms with E-state index in [1.165, 1.54) is 0 Å². The van der Waals surface area contributed by atoms with Crippen molar-refractivity contribution >= 4 is 16.9 Å². The van der Waals surface area contributed by atoms with Gasteiger partial charge in [0.05, 0.1) is 16.7 Å². The number of aromatic nitrogens is 4. The Bertz CT molecular complexity index is 1080. The topological polar surface area (TPSA) is 75.9 Å². The van der Waals surface area contributed by atoms with E-state index in [0.717, 1.165) is 66.3 Å². The van der Waals surface area contributed by atoms with Crippen LogP contribution in [0.25, 0.3) is 11.0 Å². The van der Waals surface area contributed by atoms with Crippen molar-refractivity contribution in [3.63, 3.8) is 0 Å². The minimum Gasteiger partial charge on any atom is -0.334 e. The van der Waals surface area contributed by atoms with Crippen LogP contribution in [0, 0.1) is 6.92 Å². The van der Waals surface area contributed by atoms with Gasteiger partial charge in [-0.1, -0.05) is 0 Å². The molecular weight excluding hydrogens is 364 g/mol. The highest BCUT2D eigenvalue weighted by Gasteiger charge is 2.25. The fourth-order valence-electron chi connectivity index (χ4n) is 4.42. The van der Waals surface area contributed by atoms with Gasteiger partial charge in [-0.05, 0) is 51.1 Å². The van der Waals surface area contributed by atoms with Crippen molar-refractivity contribution in [2.75, 3.05) is 19.6 Å². The quantitative estimate of drug-likeness (QED) is 0.727. The number of rotatable bonds is 2. The predicted octanol–water partition coefficient (Wildman–Crippen LogP) is 2.34. The molecule has 3 aromatic rings. The summed E-state index contributed by atoms with van der Waals surface area (Å²) in [4.78, 5) is 29.1. The van der Waals surface area contributed by atoms with E-state index >= 15 is 0 Å². The Morgan fingerprint density at radius 3 is 2.86 bits per heavy atom. The Kier molecular flexibility index (Phi) is 4.54. The number of benzene rings is 1. The van der Waals surface area contributed by atoms with Gasteiger partial charge in [-0.25, -0.2) is 15.0 Å². The molecule has 7 heteroatoms. The standard InChI is InChI=1S/C22H26N6O/c1-14-25-19-11-16(3-4-20(19)27(14)2)22(29)28-10-7-18-17(13-28)12-24-21(26-18)15-5-8-23-9-6-15/h3-4,11-12,15,23H,5-10,13H2,1-2H3. The molecule has 7 nitrogen and oxygen atoms in total. The number of hydrogen-bond acceptors (Lipinski definition) is 5. The summed E-state index contributed by atoms with van der Waals surface area (Å²) in [6.45, 7) is 5.30. The first-order chi connectivity index (χ1) is 14.1. The number of nitrogens with one attached hydrogen (secondary N) is 1. The summed E-state index contributed by atoms with van der Waals surface area (Å²) in [6.07, 6.45) is 4.91. The van der Waals surface area contributed by atoms with Crippen LogP contribution in [-0.2, 0) is 20.0 Å². The van der Waals surface area contributed by atoms with Crippen LogP contribution in [-0.4, -0.2) is 50.0 Å². The lowest BCUT2D eigenvalue weighted by Gasteiger charge is -2.29. The van der Waals surface area contributed by atoms with Crippen LogP contribution in [0.5, 0.6) is 0 Å². The van der Waals surface area contributed by atoms with Gasteiger partial charge in [0.25, 0.3) is 5.91 Å². The van der Waals surface area contributed by atoms with Crippen molar-refractivity contribution in [3.05, 3.63) is 52.9 Å². The molecule has 0 spiro atoms. The van der Waals surface area contributed by atoms with Gasteiger partial charge in [0.1, 0.15) is 11.6 Å². The number of carbonyl (C=O) groups excluding carboxylic acids is 1. The molecule has 4 heterocycles. The van der Waals surface area contributed by atoms with Crippen molar-refractivity contribution in [1.29, 1.82) is 0 Å². The smallest absolute Gasteiger partial charge is 0.254 e. The summed E-state index contributed by atoms with van der Waals surface area (Å²) in [5.74, 6) is 2.41. The van der Waals surface area contributed by atoms with E-state index in [-0.39, 0.29) is 5.91 Å². The molecule has 1 aromatic carbocycles. The largest absolute Gasteiger partial charge is 0.334 e. The van der Waals surface area contributed by atoms with Crippen LogP contribution < -0.4 is 5.32 Å². The molecule has 2 aromatic heterocycles. The first kappa shape index (κ1) is 18.2. The molecule has 0 saturated carbocycles. The number of piperidine rings is 1. The molecule has 0 atom stereocenters. The monoisotopic (exact) mass is 390 g/mol. The van der Waals surface area contributed by atoms with Gasteiger partial charge in [0.15, 0.2) is 0 Å². The first-order valence-corrected chi connectivity index (χ1v) is 10.4. The van der Waals surface area contributed by atoms with Crippen LogP contribution in [0.2, 0.25) is 0 Å². The summed E-state index contributed by atoms with van der Waals surface area (Å²) >= 11 is 0. The number of imidazole rings is 1. The highest BCUT2D eigenvalue weighted by molar-refractivity contribution is 5.97. The zero-order chi connectivity index (χ0) is 20.0. The van der Waals surface area contributed by atoms with E-state index in [4.69, 9.17) is 4.98 Å². The molecule has 1 fully saturated rings. The average Bonchev–Trinajstić information content (AvgIpc) is 3.06. The van der Waals surface area contributed by atoms with Crippen molar-refractivity contribution in [2.24, 2.45) is 7.05 Å².